The Morgan fingerprint density at radius 1 is 1.20 bits per heavy atom. The van der Waals surface area contributed by atoms with Gasteiger partial charge in [-0.1, -0.05) is 25.7 Å². The number of likely N-dealkylation sites (tertiary alicyclic amines) is 1. The number of nitrogens with zero attached hydrogens (tertiary/aromatic N) is 4. The van der Waals surface area contributed by atoms with E-state index in [1.54, 1.807) is 12.4 Å². The molecule has 0 radical (unpaired) electrons. The Balaban J connectivity index is 1.53. The van der Waals surface area contributed by atoms with E-state index in [-0.39, 0.29) is 12.0 Å². The highest BCUT2D eigenvalue weighted by Gasteiger charge is 2.27. The normalized spacial score (nSPS) is 21.4. The number of amides is 1. The molecule has 1 aliphatic carbocycles. The van der Waals surface area contributed by atoms with Crippen molar-refractivity contribution in [2.75, 3.05) is 32.1 Å². The van der Waals surface area contributed by atoms with E-state index >= 15 is 0 Å². The molecule has 1 aliphatic heterocycles. The molecular weight excluding hydrogens is 316 g/mol. The Morgan fingerprint density at radius 2 is 1.96 bits per heavy atom. The second-order valence-electron chi connectivity index (χ2n) is 7.49. The molecule has 25 heavy (non-hydrogen) atoms. The van der Waals surface area contributed by atoms with Crippen LogP contribution in [0.2, 0.25) is 0 Å². The Hall–Kier alpha value is -1.85. The second kappa shape index (κ2) is 8.50. The summed E-state index contributed by atoms with van der Waals surface area (Å²) in [7, 11) is 3.85. The van der Waals surface area contributed by atoms with Gasteiger partial charge >= 0.3 is 0 Å². The molecule has 6 heteroatoms. The van der Waals surface area contributed by atoms with Crippen molar-refractivity contribution in [1.29, 1.82) is 0 Å². The van der Waals surface area contributed by atoms with Gasteiger partial charge in [0.25, 0.3) is 5.88 Å². The molecule has 2 fully saturated rings. The lowest BCUT2D eigenvalue weighted by Crippen LogP contribution is -2.44. The van der Waals surface area contributed by atoms with Gasteiger partial charge < -0.3 is 14.5 Å². The maximum Gasteiger partial charge on any atom is 0.257 e. The van der Waals surface area contributed by atoms with Crippen LogP contribution in [0.3, 0.4) is 0 Å². The topological polar surface area (TPSA) is 58.6 Å². The zero-order valence-electron chi connectivity index (χ0n) is 15.5. The Bertz CT molecular complexity index is 572. The lowest BCUT2D eigenvalue weighted by molar-refractivity contribution is -0.134. The SMILES string of the molecule is CN(C)c1nccnc1OC1CCCN(C(=O)CCC2CCCC2)C1. The molecule has 1 saturated carbocycles. The molecule has 0 aromatic carbocycles. The summed E-state index contributed by atoms with van der Waals surface area (Å²) >= 11 is 0. The van der Waals surface area contributed by atoms with Gasteiger partial charge in [0.05, 0.1) is 6.54 Å². The van der Waals surface area contributed by atoms with E-state index in [1.807, 2.05) is 23.9 Å². The zero-order chi connectivity index (χ0) is 17.6. The number of hydrogen-bond acceptors (Lipinski definition) is 5. The summed E-state index contributed by atoms with van der Waals surface area (Å²) in [6, 6.07) is 0. The van der Waals surface area contributed by atoms with Crippen LogP contribution in [0, 0.1) is 5.92 Å². The van der Waals surface area contributed by atoms with E-state index in [0.717, 1.165) is 37.5 Å². The van der Waals surface area contributed by atoms with E-state index < -0.39 is 0 Å². The highest BCUT2D eigenvalue weighted by Crippen LogP contribution is 2.29. The van der Waals surface area contributed by atoms with Gasteiger partial charge in [-0.2, -0.15) is 0 Å². The molecular formula is C19H30N4O2. The van der Waals surface area contributed by atoms with E-state index in [2.05, 4.69) is 9.97 Å². The average molecular weight is 346 g/mol. The van der Waals surface area contributed by atoms with E-state index in [9.17, 15) is 4.79 Å². The number of carbonyl (C=O) groups is 1. The number of piperidine rings is 1. The highest BCUT2D eigenvalue weighted by molar-refractivity contribution is 5.76. The predicted molar refractivity (Wildman–Crippen MR) is 97.8 cm³/mol. The second-order valence-corrected chi connectivity index (χ2v) is 7.49. The van der Waals surface area contributed by atoms with Crippen molar-refractivity contribution >= 4 is 11.7 Å². The molecule has 1 aromatic heterocycles. The van der Waals surface area contributed by atoms with Gasteiger partial charge in [0.1, 0.15) is 6.10 Å². The smallest absolute Gasteiger partial charge is 0.257 e. The van der Waals surface area contributed by atoms with Crippen LogP contribution in [0.1, 0.15) is 51.4 Å². The average Bonchev–Trinajstić information content (AvgIpc) is 3.14. The molecule has 2 heterocycles. The molecule has 0 spiro atoms. The van der Waals surface area contributed by atoms with Crippen LogP contribution in [0.4, 0.5) is 5.82 Å². The largest absolute Gasteiger partial charge is 0.470 e. The van der Waals surface area contributed by atoms with Gasteiger partial charge in [-0.25, -0.2) is 9.97 Å². The fourth-order valence-electron chi connectivity index (χ4n) is 3.91. The molecule has 1 unspecified atom stereocenters. The van der Waals surface area contributed by atoms with Crippen molar-refractivity contribution in [1.82, 2.24) is 14.9 Å². The van der Waals surface area contributed by atoms with Crippen LogP contribution >= 0.6 is 0 Å². The van der Waals surface area contributed by atoms with Crippen LogP contribution in [0.15, 0.2) is 12.4 Å². The maximum absolute atomic E-state index is 12.6. The fourth-order valence-corrected chi connectivity index (χ4v) is 3.91. The quantitative estimate of drug-likeness (QED) is 0.793. The first kappa shape index (κ1) is 18.0. The summed E-state index contributed by atoms with van der Waals surface area (Å²) in [6.45, 7) is 1.51. The van der Waals surface area contributed by atoms with Crippen molar-refractivity contribution in [3.8, 4) is 5.88 Å². The number of ether oxygens (including phenoxy) is 1. The molecule has 0 N–H and O–H groups in total. The van der Waals surface area contributed by atoms with Crippen LogP contribution < -0.4 is 9.64 Å². The van der Waals surface area contributed by atoms with E-state index in [4.69, 9.17) is 4.74 Å². The van der Waals surface area contributed by atoms with Crippen molar-refractivity contribution in [2.45, 2.75) is 57.5 Å². The van der Waals surface area contributed by atoms with Gasteiger partial charge in [-0.05, 0) is 25.2 Å². The van der Waals surface area contributed by atoms with Crippen molar-refractivity contribution in [3.05, 3.63) is 12.4 Å². The third kappa shape index (κ3) is 4.83. The minimum atomic E-state index is -0.000388. The minimum absolute atomic E-state index is 0.000388. The number of anilines is 1. The van der Waals surface area contributed by atoms with Crippen molar-refractivity contribution < 1.29 is 9.53 Å². The molecule has 1 aromatic rings. The van der Waals surface area contributed by atoms with Crippen LogP contribution in [-0.2, 0) is 4.79 Å². The summed E-state index contributed by atoms with van der Waals surface area (Å²) in [6.07, 6.45) is 12.3. The van der Waals surface area contributed by atoms with Gasteiger partial charge in [0.15, 0.2) is 5.82 Å². The first-order valence-electron chi connectivity index (χ1n) is 9.56. The Labute approximate surface area is 150 Å². The van der Waals surface area contributed by atoms with E-state index in [0.29, 0.717) is 18.8 Å². The third-order valence-electron chi connectivity index (χ3n) is 5.32. The highest BCUT2D eigenvalue weighted by atomic mass is 16.5. The number of carbonyl (C=O) groups excluding carboxylic acids is 1. The lowest BCUT2D eigenvalue weighted by atomic mass is 10.0. The Morgan fingerprint density at radius 3 is 2.72 bits per heavy atom. The van der Waals surface area contributed by atoms with Crippen LogP contribution in [0.5, 0.6) is 5.88 Å². The van der Waals surface area contributed by atoms with E-state index in [1.165, 1.54) is 25.7 Å². The molecule has 3 rings (SSSR count). The number of rotatable bonds is 6. The molecule has 1 saturated heterocycles. The Kier molecular flexibility index (Phi) is 6.10. The van der Waals surface area contributed by atoms with Gasteiger partial charge in [0.2, 0.25) is 5.91 Å². The summed E-state index contributed by atoms with van der Waals surface area (Å²) in [5.74, 6) is 2.33. The molecule has 1 amide bonds. The molecule has 138 valence electrons. The minimum Gasteiger partial charge on any atom is -0.470 e. The monoisotopic (exact) mass is 346 g/mol. The lowest BCUT2D eigenvalue weighted by Gasteiger charge is -2.33. The predicted octanol–water partition coefficient (Wildman–Crippen LogP) is 2.88. The molecule has 1 atom stereocenters. The summed E-state index contributed by atoms with van der Waals surface area (Å²) in [5, 5.41) is 0. The maximum atomic E-state index is 12.6. The fraction of sp³-hybridized carbons (Fsp3) is 0.737. The first-order chi connectivity index (χ1) is 12.1. The van der Waals surface area contributed by atoms with Gasteiger partial charge in [-0.15, -0.1) is 0 Å². The first-order valence-corrected chi connectivity index (χ1v) is 9.56. The van der Waals surface area contributed by atoms with Crippen molar-refractivity contribution in [3.63, 3.8) is 0 Å². The molecule has 6 nitrogen and oxygen atoms in total. The third-order valence-corrected chi connectivity index (χ3v) is 5.32. The molecule has 2 aliphatic rings. The summed E-state index contributed by atoms with van der Waals surface area (Å²) in [5.41, 5.74) is 0. The zero-order valence-corrected chi connectivity index (χ0v) is 15.5. The van der Waals surface area contributed by atoms with Gasteiger partial charge in [0, 0.05) is 39.5 Å². The summed E-state index contributed by atoms with van der Waals surface area (Å²) in [4.78, 5) is 25.1. The van der Waals surface area contributed by atoms with Crippen molar-refractivity contribution in [2.24, 2.45) is 5.92 Å². The van der Waals surface area contributed by atoms with Crippen LogP contribution in [-0.4, -0.2) is 54.1 Å². The standard InChI is InChI=1S/C19H30N4O2/c1-22(2)18-19(21-12-11-20-18)25-16-8-5-13-23(14-16)17(24)10-9-15-6-3-4-7-15/h11-12,15-16H,3-10,13-14H2,1-2H3. The number of hydrogen-bond donors (Lipinski definition) is 0. The molecule has 0 bridgehead atoms. The number of aromatic nitrogens is 2. The van der Waals surface area contributed by atoms with Gasteiger partial charge in [-0.3, -0.25) is 4.79 Å². The summed E-state index contributed by atoms with van der Waals surface area (Å²) < 4.78 is 6.10. The van der Waals surface area contributed by atoms with Crippen LogP contribution in [0.25, 0.3) is 0 Å².